The van der Waals surface area contributed by atoms with Crippen molar-refractivity contribution in [2.75, 3.05) is 12.4 Å². The molecule has 0 atom stereocenters. The lowest BCUT2D eigenvalue weighted by molar-refractivity contribution is -0.140. The van der Waals surface area contributed by atoms with Crippen LogP contribution in [0.4, 0.5) is 13.2 Å². The zero-order chi connectivity index (χ0) is 23.4. The number of rotatable bonds is 7. The molecular weight excluding hydrogens is 449 g/mol. The van der Waals surface area contributed by atoms with Crippen molar-refractivity contribution < 1.29 is 40.4 Å². The number of halogens is 3. The van der Waals surface area contributed by atoms with E-state index in [9.17, 15) is 30.9 Å². The first kappa shape index (κ1) is 24.1. The van der Waals surface area contributed by atoms with Crippen molar-refractivity contribution in [2.45, 2.75) is 43.9 Å². The third kappa shape index (κ3) is 6.01. The van der Waals surface area contributed by atoms with Crippen molar-refractivity contribution in [2.24, 2.45) is 0 Å². The minimum Gasteiger partial charge on any atom is -0.748 e. The molecule has 10 heteroatoms. The van der Waals surface area contributed by atoms with Gasteiger partial charge in [-0.05, 0) is 49.4 Å². The summed E-state index contributed by atoms with van der Waals surface area (Å²) in [5, 5.41) is 0. The van der Waals surface area contributed by atoms with Gasteiger partial charge in [0.1, 0.15) is 18.0 Å². The molecule has 32 heavy (non-hydrogen) atoms. The predicted octanol–water partition coefficient (Wildman–Crippen LogP) is 4.65. The zero-order valence-electron chi connectivity index (χ0n) is 17.1. The van der Waals surface area contributed by atoms with Crippen LogP contribution in [0.15, 0.2) is 48.5 Å². The Morgan fingerprint density at radius 1 is 1.03 bits per heavy atom. The van der Waals surface area contributed by atoms with E-state index >= 15 is 0 Å². The SMILES string of the molecule is O=C(OCCS(=O)(=O)[O-])c1ccc(C(F)(F)F)c(OC2(c3ccccc3)CCCCC2)c1. The van der Waals surface area contributed by atoms with Gasteiger partial charge in [0, 0.05) is 0 Å². The van der Waals surface area contributed by atoms with Crippen molar-refractivity contribution >= 4 is 16.1 Å². The van der Waals surface area contributed by atoms with Gasteiger partial charge >= 0.3 is 12.1 Å². The Labute approximate surface area is 184 Å². The molecule has 6 nitrogen and oxygen atoms in total. The van der Waals surface area contributed by atoms with Crippen molar-refractivity contribution in [3.8, 4) is 5.75 Å². The fraction of sp³-hybridized carbons (Fsp3) is 0.409. The minimum absolute atomic E-state index is 0.240. The summed E-state index contributed by atoms with van der Waals surface area (Å²) in [6.07, 6.45) is -1.18. The van der Waals surface area contributed by atoms with Crippen molar-refractivity contribution in [3.05, 3.63) is 65.2 Å². The molecule has 0 saturated heterocycles. The molecule has 0 unspecified atom stereocenters. The van der Waals surface area contributed by atoms with Gasteiger partial charge in [0.25, 0.3) is 0 Å². The second-order valence-corrected chi connectivity index (χ2v) is 9.15. The van der Waals surface area contributed by atoms with Gasteiger partial charge in [0.05, 0.1) is 27.0 Å². The summed E-state index contributed by atoms with van der Waals surface area (Å²) < 4.78 is 83.9. The van der Waals surface area contributed by atoms with Gasteiger partial charge in [0.15, 0.2) is 0 Å². The predicted molar refractivity (Wildman–Crippen MR) is 108 cm³/mol. The Bertz CT molecular complexity index is 1050. The number of carbonyl (C=O) groups is 1. The molecule has 0 spiro atoms. The van der Waals surface area contributed by atoms with Gasteiger partial charge in [0.2, 0.25) is 0 Å². The Morgan fingerprint density at radius 3 is 2.28 bits per heavy atom. The third-order valence-corrected chi connectivity index (χ3v) is 6.02. The Kier molecular flexibility index (Phi) is 7.14. The highest BCUT2D eigenvalue weighted by Gasteiger charge is 2.40. The average molecular weight is 471 g/mol. The quantitative estimate of drug-likeness (QED) is 0.431. The molecule has 1 aliphatic carbocycles. The molecule has 0 heterocycles. The van der Waals surface area contributed by atoms with Crippen LogP contribution in [0.5, 0.6) is 5.75 Å². The summed E-state index contributed by atoms with van der Waals surface area (Å²) in [5.74, 6) is -2.49. The van der Waals surface area contributed by atoms with Crippen LogP contribution in [0.3, 0.4) is 0 Å². The Morgan fingerprint density at radius 2 is 1.69 bits per heavy atom. The highest BCUT2D eigenvalue weighted by molar-refractivity contribution is 7.85. The molecule has 3 rings (SSSR count). The first-order valence-electron chi connectivity index (χ1n) is 10.1. The number of hydrogen-bond donors (Lipinski definition) is 0. The first-order valence-corrected chi connectivity index (χ1v) is 11.6. The molecule has 1 saturated carbocycles. The monoisotopic (exact) mass is 471 g/mol. The average Bonchev–Trinajstić information content (AvgIpc) is 2.73. The molecule has 174 valence electrons. The number of alkyl halides is 3. The molecule has 0 radical (unpaired) electrons. The standard InChI is InChI=1S/C22H23F3O6S/c23-22(24,25)18-10-9-16(20(26)30-13-14-32(27,28)29)15-19(18)31-21(11-5-2-6-12-21)17-7-3-1-4-8-17/h1,3-4,7-10,15H,2,5-6,11-14H2,(H,27,28,29)/p-1. The number of benzene rings is 2. The summed E-state index contributed by atoms with van der Waals surface area (Å²) in [6.45, 7) is -0.699. The lowest BCUT2D eigenvalue weighted by Gasteiger charge is -2.39. The molecule has 0 aliphatic heterocycles. The van der Waals surface area contributed by atoms with Gasteiger partial charge in [-0.3, -0.25) is 0 Å². The molecule has 1 aliphatic rings. The normalized spacial score (nSPS) is 16.4. The Hall–Kier alpha value is -2.59. The first-order chi connectivity index (χ1) is 15.0. The van der Waals surface area contributed by atoms with Crippen LogP contribution in [0, 0.1) is 0 Å². The molecule has 0 amide bonds. The van der Waals surface area contributed by atoms with Crippen LogP contribution in [-0.2, 0) is 26.6 Å². The van der Waals surface area contributed by atoms with Crippen molar-refractivity contribution in [3.63, 3.8) is 0 Å². The molecule has 0 aromatic heterocycles. The van der Waals surface area contributed by atoms with Crippen LogP contribution in [0.1, 0.15) is 53.6 Å². The smallest absolute Gasteiger partial charge is 0.419 e. The maximum Gasteiger partial charge on any atom is 0.419 e. The maximum absolute atomic E-state index is 13.7. The van der Waals surface area contributed by atoms with E-state index in [1.54, 1.807) is 30.3 Å². The van der Waals surface area contributed by atoms with Crippen LogP contribution in [0.2, 0.25) is 0 Å². The van der Waals surface area contributed by atoms with Crippen molar-refractivity contribution in [1.29, 1.82) is 0 Å². The third-order valence-electron chi connectivity index (χ3n) is 5.36. The van der Waals surface area contributed by atoms with Crippen molar-refractivity contribution in [1.82, 2.24) is 0 Å². The number of hydrogen-bond acceptors (Lipinski definition) is 6. The van der Waals surface area contributed by atoms with E-state index < -0.39 is 51.5 Å². The topological polar surface area (TPSA) is 92.7 Å². The molecular formula is C22H22F3O6S-. The van der Waals surface area contributed by atoms with Crippen LogP contribution in [-0.4, -0.2) is 31.3 Å². The van der Waals surface area contributed by atoms with Gasteiger partial charge < -0.3 is 14.0 Å². The molecule has 2 aromatic carbocycles. The lowest BCUT2D eigenvalue weighted by atomic mass is 9.79. The number of ether oxygens (including phenoxy) is 2. The summed E-state index contributed by atoms with van der Waals surface area (Å²) in [4.78, 5) is 12.2. The summed E-state index contributed by atoms with van der Waals surface area (Å²) >= 11 is 0. The molecule has 0 N–H and O–H groups in total. The van der Waals surface area contributed by atoms with E-state index in [2.05, 4.69) is 0 Å². The van der Waals surface area contributed by atoms with Crippen LogP contribution in [0.25, 0.3) is 0 Å². The van der Waals surface area contributed by atoms with E-state index in [0.29, 0.717) is 12.8 Å². The maximum atomic E-state index is 13.7. The minimum atomic E-state index is -4.72. The van der Waals surface area contributed by atoms with E-state index in [-0.39, 0.29) is 5.56 Å². The van der Waals surface area contributed by atoms with E-state index in [0.717, 1.165) is 43.0 Å². The van der Waals surface area contributed by atoms with Gasteiger partial charge in [-0.25, -0.2) is 13.2 Å². The van der Waals surface area contributed by atoms with Crippen LogP contribution >= 0.6 is 0 Å². The highest BCUT2D eigenvalue weighted by Crippen LogP contribution is 2.45. The fourth-order valence-corrected chi connectivity index (χ4v) is 4.10. The molecule has 1 fully saturated rings. The second-order valence-electron chi connectivity index (χ2n) is 7.63. The largest absolute Gasteiger partial charge is 0.748 e. The molecule has 2 aromatic rings. The van der Waals surface area contributed by atoms with E-state index in [4.69, 9.17) is 9.47 Å². The summed E-state index contributed by atoms with van der Waals surface area (Å²) in [6, 6.07) is 11.6. The lowest BCUT2D eigenvalue weighted by Crippen LogP contribution is -2.36. The summed E-state index contributed by atoms with van der Waals surface area (Å²) in [5.41, 5.74) is -1.49. The Balaban J connectivity index is 1.95. The number of esters is 1. The summed E-state index contributed by atoms with van der Waals surface area (Å²) in [7, 11) is -4.59. The van der Waals surface area contributed by atoms with Gasteiger partial charge in [-0.15, -0.1) is 0 Å². The van der Waals surface area contributed by atoms with Gasteiger partial charge in [-0.2, -0.15) is 13.2 Å². The number of carbonyl (C=O) groups excluding carboxylic acids is 1. The van der Waals surface area contributed by atoms with E-state index in [1.165, 1.54) is 0 Å². The molecule has 0 bridgehead atoms. The highest BCUT2D eigenvalue weighted by atomic mass is 32.2. The zero-order valence-corrected chi connectivity index (χ0v) is 17.9. The van der Waals surface area contributed by atoms with Gasteiger partial charge in [-0.1, -0.05) is 36.8 Å². The second kappa shape index (κ2) is 9.50. The van der Waals surface area contributed by atoms with Crippen LogP contribution < -0.4 is 4.74 Å². The fourth-order valence-electron chi connectivity index (χ4n) is 3.81. The van der Waals surface area contributed by atoms with E-state index in [1.807, 2.05) is 0 Å².